The molecule has 3 saturated heterocycles. The number of nitrogen functional groups attached to an aromatic ring is 1. The lowest BCUT2D eigenvalue weighted by atomic mass is 10.0. The van der Waals surface area contributed by atoms with Crippen LogP contribution in [0.3, 0.4) is 0 Å². The molecule has 4 aliphatic rings. The molecule has 8 heterocycles. The molecular formula is C51H64F2N14O16P2S. The van der Waals surface area contributed by atoms with Gasteiger partial charge >= 0.3 is 14.6 Å². The summed E-state index contributed by atoms with van der Waals surface area (Å²) in [6, 6.07) is 4.16. The minimum atomic E-state index is -5.27. The van der Waals surface area contributed by atoms with Crippen molar-refractivity contribution in [3.8, 4) is 0 Å². The summed E-state index contributed by atoms with van der Waals surface area (Å²) in [5.41, 5.74) is 5.94. The number of imidazole rings is 2. The number of carbonyl (C=O) groups is 6. The monoisotopic (exact) mass is 1260 g/mol. The van der Waals surface area contributed by atoms with Gasteiger partial charge in [0.1, 0.15) is 48.3 Å². The van der Waals surface area contributed by atoms with E-state index >= 15 is 13.3 Å². The molecule has 86 heavy (non-hydrogen) atoms. The van der Waals surface area contributed by atoms with Gasteiger partial charge in [0.25, 0.3) is 17.4 Å². The van der Waals surface area contributed by atoms with Crippen molar-refractivity contribution in [3.63, 3.8) is 0 Å². The highest BCUT2D eigenvalue weighted by molar-refractivity contribution is 8.54. The molecule has 1 aromatic carbocycles. The Morgan fingerprint density at radius 3 is 2.06 bits per heavy atom. The predicted octanol–water partition coefficient (Wildman–Crippen LogP) is 3.72. The fourth-order valence-corrected chi connectivity index (χ4v) is 14.1. The zero-order valence-corrected chi connectivity index (χ0v) is 49.2. The molecular weight excluding hydrogens is 1200 g/mol. The number of H-pyrrole nitrogens is 1. The van der Waals surface area contributed by atoms with E-state index < -0.39 is 107 Å². The van der Waals surface area contributed by atoms with Crippen LogP contribution in [0, 0.1) is 5.92 Å². The first-order chi connectivity index (χ1) is 41.1. The number of phosphoric acid groups is 1. The second-order valence-electron chi connectivity index (χ2n) is 20.9. The maximum Gasteiger partial charge on any atom is 0.472 e. The van der Waals surface area contributed by atoms with Gasteiger partial charge in [-0.05, 0) is 67.6 Å². The maximum absolute atomic E-state index is 16.9. The van der Waals surface area contributed by atoms with Crippen molar-refractivity contribution in [3.05, 3.63) is 77.6 Å². The summed E-state index contributed by atoms with van der Waals surface area (Å²) in [7, 11) is -5.27. The van der Waals surface area contributed by atoms with Gasteiger partial charge < -0.3 is 46.4 Å². The first-order valence-electron chi connectivity index (χ1n) is 27.5. The number of amides is 6. The number of nitrogens with two attached hydrogens (primary N) is 1. The lowest BCUT2D eigenvalue weighted by Gasteiger charge is -2.29. The van der Waals surface area contributed by atoms with Crippen LogP contribution in [-0.2, 0) is 71.2 Å². The number of imide groups is 1. The van der Waals surface area contributed by atoms with Crippen molar-refractivity contribution in [1.82, 2.24) is 59.9 Å². The highest BCUT2D eigenvalue weighted by Gasteiger charge is 2.55. The number of aromatic nitrogens is 8. The third kappa shape index (κ3) is 15.2. The number of hydrogen-bond acceptors (Lipinski definition) is 22. The largest absolute Gasteiger partial charge is 0.472 e. The zero-order valence-electron chi connectivity index (χ0n) is 46.6. The fourth-order valence-electron chi connectivity index (χ4n) is 9.75. The van der Waals surface area contributed by atoms with Gasteiger partial charge in [0.15, 0.2) is 47.4 Å². The number of nitrogens with one attached hydrogen (secondary N) is 5. The van der Waals surface area contributed by atoms with E-state index in [1.165, 1.54) is 36.1 Å². The second-order valence-corrected chi connectivity index (χ2v) is 26.3. The van der Waals surface area contributed by atoms with Crippen LogP contribution in [0.1, 0.15) is 90.2 Å². The maximum atomic E-state index is 16.9. The Kier molecular flexibility index (Phi) is 20.6. The standard InChI is InChI=1S/C51H64F2N14O16P2S/c1-27(2)39(64-34(69)11-6-4-8-18-55-33(68)10-7-5-9-19-65-35(70)16-17-36(65)71)49(74)62-28(3)47(72)63-30-14-12-29(13-15-30)22-86-85(77)79-21-32-42(37(52)50(81-32)66-25-60-40-44(54)56-23-57-45(40)66)82-84(75,76)78-20-31-43(83-85)38(53)51(80-31)67-26-61-41-46(67)58-24-59-48(41)73/h12-17,23-28,31-32,37-39,42-43,50-51H,4-11,18-22H2,1-3H3,(H,55,68)(H,62,74)(H,63,72)(H,64,69)(H,75,76)(H2,54,56,57)(H,58,59,73)/t28-,31-,32-,37-,38-,39+,42-,43-,50-,51-,85?/m1/s1. The molecule has 0 spiro atoms. The van der Waals surface area contributed by atoms with E-state index in [4.69, 9.17) is 33.3 Å². The number of phosphoric ester groups is 1. The van der Waals surface area contributed by atoms with Gasteiger partial charge in [0, 0.05) is 49.5 Å². The third-order valence-corrected chi connectivity index (χ3v) is 19.0. The normalized spacial score (nSPS) is 26.7. The third-order valence-electron chi connectivity index (χ3n) is 14.4. The quantitative estimate of drug-likeness (QED) is 0.0278. The fraction of sp³-hybridized carbons (Fsp3) is 0.529. The summed E-state index contributed by atoms with van der Waals surface area (Å²) in [5.74, 6) is -2.84. The van der Waals surface area contributed by atoms with Crippen LogP contribution in [0.4, 0.5) is 20.3 Å². The molecule has 4 aromatic heterocycles. The molecule has 3 fully saturated rings. The summed E-state index contributed by atoms with van der Waals surface area (Å²) >= 11 is 0.586. The number of ether oxygens (including phenoxy) is 2. The molecule has 12 atom stereocenters. The Morgan fingerprint density at radius 1 is 0.767 bits per heavy atom. The summed E-state index contributed by atoms with van der Waals surface area (Å²) in [6.07, 6.45) is -3.89. The van der Waals surface area contributed by atoms with E-state index in [1.54, 1.807) is 26.0 Å². The van der Waals surface area contributed by atoms with Crippen LogP contribution in [0.5, 0.6) is 0 Å². The summed E-state index contributed by atoms with van der Waals surface area (Å²) in [4.78, 5) is 123. The average molecular weight is 1260 g/mol. The summed E-state index contributed by atoms with van der Waals surface area (Å²) in [6.45, 7) is -0.772. The number of unbranched alkanes of at least 4 members (excludes halogenated alkanes) is 4. The van der Waals surface area contributed by atoms with E-state index in [0.29, 0.717) is 80.7 Å². The molecule has 9 rings (SSSR count). The van der Waals surface area contributed by atoms with Crippen molar-refractivity contribution in [2.24, 2.45) is 5.92 Å². The van der Waals surface area contributed by atoms with Gasteiger partial charge in [0.05, 0.1) is 32.2 Å². The number of benzene rings is 1. The predicted molar refractivity (Wildman–Crippen MR) is 301 cm³/mol. The number of hydrogen-bond donors (Lipinski definition) is 7. The van der Waals surface area contributed by atoms with E-state index in [0.717, 1.165) is 34.4 Å². The van der Waals surface area contributed by atoms with Gasteiger partial charge in [-0.3, -0.25) is 65.7 Å². The highest BCUT2D eigenvalue weighted by atomic mass is 32.7. The Bertz CT molecular complexity index is 3490. The van der Waals surface area contributed by atoms with Gasteiger partial charge in [-0.25, -0.2) is 42.8 Å². The van der Waals surface area contributed by atoms with E-state index in [2.05, 4.69) is 51.2 Å². The number of carbonyl (C=O) groups excluding carboxylic acids is 6. The Labute approximate surface area is 492 Å². The highest BCUT2D eigenvalue weighted by Crippen LogP contribution is 2.65. The Hall–Kier alpha value is -6.93. The van der Waals surface area contributed by atoms with Crippen LogP contribution >= 0.6 is 26.0 Å². The van der Waals surface area contributed by atoms with E-state index in [-0.39, 0.29) is 69.9 Å². The topological polar surface area (TPSA) is 397 Å². The lowest BCUT2D eigenvalue weighted by molar-refractivity contribution is -0.137. The number of rotatable bonds is 23. The molecule has 5 aromatic rings. The number of nitrogens with zero attached hydrogens (tertiary/aromatic N) is 8. The number of halogens is 2. The minimum Gasteiger partial charge on any atom is -0.382 e. The molecule has 0 bridgehead atoms. The summed E-state index contributed by atoms with van der Waals surface area (Å²) < 4.78 is 99.0. The van der Waals surface area contributed by atoms with Crippen LogP contribution in [-0.4, -0.2) is 159 Å². The first kappa shape index (κ1) is 63.6. The molecule has 0 saturated carbocycles. The second kappa shape index (κ2) is 27.8. The van der Waals surface area contributed by atoms with Crippen molar-refractivity contribution >= 4 is 95.3 Å². The van der Waals surface area contributed by atoms with Crippen molar-refractivity contribution in [2.45, 2.75) is 139 Å². The van der Waals surface area contributed by atoms with Gasteiger partial charge in [-0.1, -0.05) is 38.8 Å². The SMILES string of the molecule is CC(C)[C@H](NC(=O)CCCCCNC(=O)CCCCCN1C(=O)C=CC1=O)C(=O)N[C@H](C)C(=O)Nc1ccc(CSP2(=O)OC[C@H]3O[C@@H](n4cnc5c(N)ncnc54)[C@H](F)[C@@H]3OP(=O)(O)OC[C@H]3O[C@@H](n4cnc5c(=O)[nH]cnc54)[C@H](F)[C@@H]3O2)cc1. The van der Waals surface area contributed by atoms with Gasteiger partial charge in [0.2, 0.25) is 23.6 Å². The Morgan fingerprint density at radius 2 is 1.38 bits per heavy atom. The number of fused-ring (bicyclic) bond motifs is 4. The zero-order chi connectivity index (χ0) is 61.5. The van der Waals surface area contributed by atoms with Crippen molar-refractivity contribution < 1.29 is 79.1 Å². The Balaban J connectivity index is 0.783. The number of anilines is 2. The minimum absolute atomic E-state index is 0.0306. The van der Waals surface area contributed by atoms with Gasteiger partial charge in [-0.2, -0.15) is 0 Å². The lowest BCUT2D eigenvalue weighted by Crippen LogP contribution is -2.53. The molecule has 2 unspecified atom stereocenters. The van der Waals surface area contributed by atoms with Crippen molar-refractivity contribution in [1.29, 1.82) is 0 Å². The molecule has 0 radical (unpaired) electrons. The smallest absolute Gasteiger partial charge is 0.382 e. The van der Waals surface area contributed by atoms with Crippen LogP contribution in [0.15, 0.2) is 66.5 Å². The number of alkyl halides is 2. The van der Waals surface area contributed by atoms with Crippen molar-refractivity contribution in [2.75, 3.05) is 37.4 Å². The van der Waals surface area contributed by atoms with Crippen LogP contribution < -0.4 is 32.6 Å². The molecule has 6 amide bonds. The average Bonchev–Trinajstić information content (AvgIpc) is 1.74. The van der Waals surface area contributed by atoms with Crippen LogP contribution in [0.25, 0.3) is 22.3 Å². The van der Waals surface area contributed by atoms with Crippen LogP contribution in [0.2, 0.25) is 0 Å². The summed E-state index contributed by atoms with van der Waals surface area (Å²) in [5, 5.41) is 11.0. The molecule has 4 aliphatic heterocycles. The molecule has 30 nitrogen and oxygen atoms in total. The molecule has 8 N–H and O–H groups in total. The first-order valence-corrected chi connectivity index (χ1v) is 32.2. The molecule has 464 valence electrons. The van der Waals surface area contributed by atoms with E-state index in [1.807, 2.05) is 0 Å². The number of aromatic amines is 1. The van der Waals surface area contributed by atoms with Gasteiger partial charge in [-0.15, -0.1) is 0 Å². The van der Waals surface area contributed by atoms with E-state index in [9.17, 15) is 43.0 Å². The molecule has 35 heteroatoms. The molecule has 0 aliphatic carbocycles.